The van der Waals surface area contributed by atoms with E-state index in [-0.39, 0.29) is 12.5 Å². The Balaban J connectivity index is 2.09. The molecule has 1 heterocycles. The van der Waals surface area contributed by atoms with E-state index in [2.05, 4.69) is 15.3 Å². The van der Waals surface area contributed by atoms with Crippen LogP contribution in [0, 0.1) is 0 Å². The van der Waals surface area contributed by atoms with Crippen LogP contribution < -0.4 is 11.1 Å². The van der Waals surface area contributed by atoms with Crippen LogP contribution in [0.5, 0.6) is 0 Å². The molecule has 0 radical (unpaired) electrons. The van der Waals surface area contributed by atoms with Crippen molar-refractivity contribution in [3.63, 3.8) is 0 Å². The second kappa shape index (κ2) is 3.71. The van der Waals surface area contributed by atoms with E-state index in [0.29, 0.717) is 17.6 Å². The normalized spacial score (nSPS) is 15.2. The van der Waals surface area contributed by atoms with E-state index in [9.17, 15) is 4.79 Å². The molecule has 1 aromatic heterocycles. The first-order valence-corrected chi connectivity index (χ1v) is 4.62. The molecule has 5 nitrogen and oxygen atoms in total. The molecular formula is C9H12N4O. The number of hydrogen-bond acceptors (Lipinski definition) is 4. The second-order valence-corrected chi connectivity index (χ2v) is 3.31. The molecule has 2 rings (SSSR count). The van der Waals surface area contributed by atoms with E-state index in [0.717, 1.165) is 12.8 Å². The molecule has 1 amide bonds. The second-order valence-electron chi connectivity index (χ2n) is 3.31. The average Bonchev–Trinajstić information content (AvgIpc) is 3.02. The van der Waals surface area contributed by atoms with E-state index in [1.165, 1.54) is 0 Å². The Hall–Kier alpha value is -1.49. The van der Waals surface area contributed by atoms with Crippen LogP contribution in [0.2, 0.25) is 0 Å². The third-order valence-corrected chi connectivity index (χ3v) is 2.03. The van der Waals surface area contributed by atoms with Crippen molar-refractivity contribution in [2.24, 2.45) is 5.73 Å². The van der Waals surface area contributed by atoms with E-state index >= 15 is 0 Å². The zero-order valence-electron chi connectivity index (χ0n) is 7.73. The first-order valence-electron chi connectivity index (χ1n) is 4.62. The largest absolute Gasteiger partial charge is 0.348 e. The van der Waals surface area contributed by atoms with Gasteiger partial charge < -0.3 is 11.1 Å². The standard InChI is InChI=1S/C9H12N4O/c10-5-8-11-4-3-7(13-8)9(14)12-6-1-2-6/h3-4,6H,1-2,5,10H2,(H,12,14). The van der Waals surface area contributed by atoms with Crippen molar-refractivity contribution in [1.82, 2.24) is 15.3 Å². The van der Waals surface area contributed by atoms with E-state index in [4.69, 9.17) is 5.73 Å². The summed E-state index contributed by atoms with van der Waals surface area (Å²) in [4.78, 5) is 19.5. The number of hydrogen-bond donors (Lipinski definition) is 2. The topological polar surface area (TPSA) is 80.9 Å². The number of nitrogens with two attached hydrogens (primary N) is 1. The highest BCUT2D eigenvalue weighted by Crippen LogP contribution is 2.18. The SMILES string of the molecule is NCc1nccc(C(=O)NC2CC2)n1. The minimum absolute atomic E-state index is 0.135. The summed E-state index contributed by atoms with van der Waals surface area (Å²) in [5.41, 5.74) is 5.77. The quantitative estimate of drug-likeness (QED) is 0.696. The molecule has 1 aliphatic carbocycles. The van der Waals surface area contributed by atoms with Crippen molar-refractivity contribution in [1.29, 1.82) is 0 Å². The third-order valence-electron chi connectivity index (χ3n) is 2.03. The minimum atomic E-state index is -0.135. The Labute approximate surface area is 81.7 Å². The Morgan fingerprint density at radius 3 is 3.07 bits per heavy atom. The molecule has 0 aliphatic heterocycles. The fourth-order valence-corrected chi connectivity index (χ4v) is 1.11. The molecule has 0 unspecified atom stereocenters. The fourth-order valence-electron chi connectivity index (χ4n) is 1.11. The van der Waals surface area contributed by atoms with E-state index in [1.54, 1.807) is 12.3 Å². The number of nitrogens with one attached hydrogen (secondary N) is 1. The van der Waals surface area contributed by atoms with Crippen LogP contribution >= 0.6 is 0 Å². The zero-order valence-corrected chi connectivity index (χ0v) is 7.73. The highest BCUT2D eigenvalue weighted by molar-refractivity contribution is 5.92. The van der Waals surface area contributed by atoms with Crippen molar-refractivity contribution in [3.8, 4) is 0 Å². The van der Waals surface area contributed by atoms with Gasteiger partial charge in [-0.15, -0.1) is 0 Å². The van der Waals surface area contributed by atoms with Gasteiger partial charge in [0.25, 0.3) is 5.91 Å². The van der Waals surface area contributed by atoms with Gasteiger partial charge in [0.1, 0.15) is 11.5 Å². The predicted octanol–water partition coefficient (Wildman–Crippen LogP) is -0.173. The maximum absolute atomic E-state index is 11.5. The van der Waals surface area contributed by atoms with Gasteiger partial charge >= 0.3 is 0 Å². The number of carbonyl (C=O) groups excluding carboxylic acids is 1. The summed E-state index contributed by atoms with van der Waals surface area (Å²) in [5.74, 6) is 0.359. The summed E-state index contributed by atoms with van der Waals surface area (Å²) in [6, 6.07) is 1.94. The van der Waals surface area contributed by atoms with Crippen molar-refractivity contribution < 1.29 is 4.79 Å². The van der Waals surface area contributed by atoms with Gasteiger partial charge in [-0.1, -0.05) is 0 Å². The van der Waals surface area contributed by atoms with Crippen LogP contribution in [0.15, 0.2) is 12.3 Å². The van der Waals surface area contributed by atoms with Gasteiger partial charge in [0, 0.05) is 12.2 Å². The molecule has 74 valence electrons. The summed E-state index contributed by atoms with van der Waals surface area (Å²) in [5, 5.41) is 2.85. The number of aromatic nitrogens is 2. The van der Waals surface area contributed by atoms with Gasteiger partial charge in [-0.2, -0.15) is 0 Å². The molecule has 3 N–H and O–H groups in total. The van der Waals surface area contributed by atoms with Crippen LogP contribution in [0.25, 0.3) is 0 Å². The molecule has 14 heavy (non-hydrogen) atoms. The Kier molecular flexibility index (Phi) is 2.41. The fraction of sp³-hybridized carbons (Fsp3) is 0.444. The average molecular weight is 192 g/mol. The molecule has 1 fully saturated rings. The lowest BCUT2D eigenvalue weighted by Gasteiger charge is -2.02. The maximum atomic E-state index is 11.5. The van der Waals surface area contributed by atoms with Crippen molar-refractivity contribution in [2.75, 3.05) is 0 Å². The maximum Gasteiger partial charge on any atom is 0.270 e. The minimum Gasteiger partial charge on any atom is -0.348 e. The van der Waals surface area contributed by atoms with Gasteiger partial charge in [0.2, 0.25) is 0 Å². The van der Waals surface area contributed by atoms with Crippen LogP contribution in [-0.2, 0) is 6.54 Å². The van der Waals surface area contributed by atoms with Crippen molar-refractivity contribution in [2.45, 2.75) is 25.4 Å². The molecule has 1 aliphatic rings. The van der Waals surface area contributed by atoms with Crippen LogP contribution in [0.3, 0.4) is 0 Å². The van der Waals surface area contributed by atoms with Gasteiger partial charge in [-0.3, -0.25) is 4.79 Å². The summed E-state index contributed by atoms with van der Waals surface area (Å²) >= 11 is 0. The smallest absolute Gasteiger partial charge is 0.270 e. The first kappa shape index (κ1) is 9.08. The summed E-state index contributed by atoms with van der Waals surface area (Å²) in [6.07, 6.45) is 3.69. The lowest BCUT2D eigenvalue weighted by Crippen LogP contribution is -2.26. The third kappa shape index (κ3) is 2.05. The van der Waals surface area contributed by atoms with Gasteiger partial charge in [0.15, 0.2) is 0 Å². The highest BCUT2D eigenvalue weighted by atomic mass is 16.2. The lowest BCUT2D eigenvalue weighted by molar-refractivity contribution is 0.0945. The summed E-state index contributed by atoms with van der Waals surface area (Å²) in [6.45, 7) is 0.255. The van der Waals surface area contributed by atoms with Crippen LogP contribution in [-0.4, -0.2) is 21.9 Å². The van der Waals surface area contributed by atoms with E-state index in [1.807, 2.05) is 0 Å². The predicted molar refractivity (Wildman–Crippen MR) is 50.4 cm³/mol. The zero-order chi connectivity index (χ0) is 9.97. The Morgan fingerprint density at radius 1 is 1.64 bits per heavy atom. The molecule has 0 bridgehead atoms. The molecule has 1 saturated carbocycles. The number of carbonyl (C=O) groups is 1. The Bertz CT molecular complexity index is 348. The van der Waals surface area contributed by atoms with Crippen molar-refractivity contribution in [3.05, 3.63) is 23.8 Å². The Morgan fingerprint density at radius 2 is 2.43 bits per heavy atom. The highest BCUT2D eigenvalue weighted by Gasteiger charge is 2.24. The summed E-state index contributed by atoms with van der Waals surface area (Å²) < 4.78 is 0. The molecule has 0 aromatic carbocycles. The van der Waals surface area contributed by atoms with Crippen molar-refractivity contribution >= 4 is 5.91 Å². The van der Waals surface area contributed by atoms with Gasteiger partial charge in [0.05, 0.1) is 6.54 Å². The number of nitrogens with zero attached hydrogens (tertiary/aromatic N) is 2. The van der Waals surface area contributed by atoms with E-state index < -0.39 is 0 Å². The van der Waals surface area contributed by atoms with Gasteiger partial charge in [-0.05, 0) is 18.9 Å². The van der Waals surface area contributed by atoms with Crippen LogP contribution in [0.4, 0.5) is 0 Å². The molecule has 0 saturated heterocycles. The molecule has 5 heteroatoms. The lowest BCUT2D eigenvalue weighted by atomic mass is 10.3. The number of amides is 1. The van der Waals surface area contributed by atoms with Crippen LogP contribution in [0.1, 0.15) is 29.2 Å². The monoisotopic (exact) mass is 192 g/mol. The molecule has 0 atom stereocenters. The van der Waals surface area contributed by atoms with Gasteiger partial charge in [-0.25, -0.2) is 9.97 Å². The number of rotatable bonds is 3. The summed E-state index contributed by atoms with van der Waals surface area (Å²) in [7, 11) is 0. The molecule has 0 spiro atoms. The molecule has 1 aromatic rings. The first-order chi connectivity index (χ1) is 6.79. The molecular weight excluding hydrogens is 180 g/mol.